The number of benzene rings is 1. The molecule has 1 aromatic carbocycles. The fourth-order valence-corrected chi connectivity index (χ4v) is 1.76. The summed E-state index contributed by atoms with van der Waals surface area (Å²) in [5.41, 5.74) is 0. The molecule has 0 aliphatic carbocycles. The predicted octanol–water partition coefficient (Wildman–Crippen LogP) is 4.43. The van der Waals surface area contributed by atoms with Gasteiger partial charge >= 0.3 is 0 Å². The molecule has 0 heterocycles. The summed E-state index contributed by atoms with van der Waals surface area (Å²) in [5, 5.41) is 0.566. The highest BCUT2D eigenvalue weighted by molar-refractivity contribution is 9.13. The van der Waals surface area contributed by atoms with Crippen LogP contribution >= 0.6 is 43.5 Å². The van der Waals surface area contributed by atoms with E-state index >= 15 is 0 Å². The second-order valence-corrected chi connectivity index (χ2v) is 4.30. The highest BCUT2D eigenvalue weighted by Gasteiger charge is 2.07. The molecule has 1 aromatic rings. The molecule has 0 spiro atoms. The molecule has 1 nitrogen and oxygen atoms in total. The quantitative estimate of drug-likeness (QED) is 0.590. The molecule has 70 valence electrons. The molecule has 0 aliphatic heterocycles. The SMILES string of the molecule is C=CCOc1ccc(Br)c(Br)c1Cl. The van der Waals surface area contributed by atoms with Gasteiger partial charge in [-0.25, -0.2) is 0 Å². The lowest BCUT2D eigenvalue weighted by Gasteiger charge is -2.07. The van der Waals surface area contributed by atoms with Gasteiger partial charge in [0.2, 0.25) is 0 Å². The number of hydrogen-bond acceptors (Lipinski definition) is 1. The molecule has 13 heavy (non-hydrogen) atoms. The first-order chi connectivity index (χ1) is 6.16. The van der Waals surface area contributed by atoms with Crippen LogP contribution in [-0.2, 0) is 0 Å². The van der Waals surface area contributed by atoms with Gasteiger partial charge in [-0.2, -0.15) is 0 Å². The van der Waals surface area contributed by atoms with Crippen molar-refractivity contribution in [3.8, 4) is 5.75 Å². The molecule has 0 amide bonds. The van der Waals surface area contributed by atoms with Crippen LogP contribution in [0.2, 0.25) is 5.02 Å². The summed E-state index contributed by atoms with van der Waals surface area (Å²) in [6.45, 7) is 4.01. The first kappa shape index (κ1) is 11.1. The molecule has 0 saturated heterocycles. The van der Waals surface area contributed by atoms with Gasteiger partial charge in [0.1, 0.15) is 12.4 Å². The van der Waals surface area contributed by atoms with Crippen molar-refractivity contribution in [3.05, 3.63) is 38.8 Å². The van der Waals surface area contributed by atoms with Gasteiger partial charge in [-0.3, -0.25) is 0 Å². The van der Waals surface area contributed by atoms with E-state index in [1.807, 2.05) is 6.07 Å². The lowest BCUT2D eigenvalue weighted by atomic mass is 10.3. The van der Waals surface area contributed by atoms with Crippen LogP contribution in [0.3, 0.4) is 0 Å². The molecule has 4 heteroatoms. The van der Waals surface area contributed by atoms with Gasteiger partial charge in [-0.1, -0.05) is 24.3 Å². The van der Waals surface area contributed by atoms with Gasteiger partial charge in [-0.05, 0) is 44.0 Å². The van der Waals surface area contributed by atoms with E-state index in [1.54, 1.807) is 12.1 Å². The smallest absolute Gasteiger partial charge is 0.139 e. The van der Waals surface area contributed by atoms with E-state index in [0.717, 1.165) is 8.95 Å². The third kappa shape index (κ3) is 2.73. The van der Waals surface area contributed by atoms with Crippen molar-refractivity contribution in [2.45, 2.75) is 0 Å². The Labute approximate surface area is 99.0 Å². The van der Waals surface area contributed by atoms with Crippen LogP contribution in [-0.4, -0.2) is 6.61 Å². The highest BCUT2D eigenvalue weighted by atomic mass is 79.9. The summed E-state index contributed by atoms with van der Waals surface area (Å²) in [5.74, 6) is 0.650. The zero-order valence-corrected chi connectivity index (χ0v) is 10.6. The molecule has 0 N–H and O–H groups in total. The lowest BCUT2D eigenvalue weighted by molar-refractivity contribution is 0.363. The van der Waals surface area contributed by atoms with Crippen molar-refractivity contribution < 1.29 is 4.74 Å². The maximum atomic E-state index is 6.00. The third-order valence-corrected chi connectivity index (χ3v) is 3.98. The average Bonchev–Trinajstić information content (AvgIpc) is 2.13. The van der Waals surface area contributed by atoms with E-state index in [1.165, 1.54) is 0 Å². The van der Waals surface area contributed by atoms with E-state index in [4.69, 9.17) is 16.3 Å². The predicted molar refractivity (Wildman–Crippen MR) is 62.5 cm³/mol. The minimum Gasteiger partial charge on any atom is -0.488 e. The Balaban J connectivity index is 2.96. The van der Waals surface area contributed by atoms with E-state index in [0.29, 0.717) is 17.4 Å². The third-order valence-electron chi connectivity index (χ3n) is 1.36. The van der Waals surface area contributed by atoms with Gasteiger partial charge in [0.05, 0.1) is 9.50 Å². The molecule has 0 fully saturated rings. The van der Waals surface area contributed by atoms with Crippen LogP contribution in [0.4, 0.5) is 0 Å². The van der Waals surface area contributed by atoms with Gasteiger partial charge in [-0.15, -0.1) is 0 Å². The zero-order valence-electron chi connectivity index (χ0n) is 6.69. The van der Waals surface area contributed by atoms with Crippen LogP contribution in [0.15, 0.2) is 33.7 Å². The first-order valence-electron chi connectivity index (χ1n) is 3.54. The Morgan fingerprint density at radius 1 is 1.46 bits per heavy atom. The molecule has 0 radical (unpaired) electrons. The normalized spacial score (nSPS) is 9.77. The van der Waals surface area contributed by atoms with Gasteiger partial charge < -0.3 is 4.74 Å². The van der Waals surface area contributed by atoms with E-state index in [9.17, 15) is 0 Å². The molecule has 1 rings (SSSR count). The van der Waals surface area contributed by atoms with E-state index in [-0.39, 0.29) is 0 Å². The van der Waals surface area contributed by atoms with Gasteiger partial charge in [0.15, 0.2) is 0 Å². The Kier molecular flexibility index (Phi) is 4.29. The first-order valence-corrected chi connectivity index (χ1v) is 5.50. The number of halogens is 3. The molecular formula is C9H7Br2ClO. The summed E-state index contributed by atoms with van der Waals surface area (Å²) in [6, 6.07) is 3.68. The van der Waals surface area contributed by atoms with Crippen molar-refractivity contribution in [1.29, 1.82) is 0 Å². The highest BCUT2D eigenvalue weighted by Crippen LogP contribution is 2.37. The number of ether oxygens (including phenoxy) is 1. The van der Waals surface area contributed by atoms with Crippen LogP contribution in [0, 0.1) is 0 Å². The molecule has 0 atom stereocenters. The van der Waals surface area contributed by atoms with Crippen molar-refractivity contribution in [2.75, 3.05) is 6.61 Å². The fraction of sp³-hybridized carbons (Fsp3) is 0.111. The zero-order chi connectivity index (χ0) is 9.84. The summed E-state index contributed by atoms with van der Waals surface area (Å²) < 4.78 is 7.03. The standard InChI is InChI=1S/C9H7Br2ClO/c1-2-5-13-7-4-3-6(10)8(11)9(7)12/h2-4H,1,5H2. The monoisotopic (exact) mass is 324 g/mol. The van der Waals surface area contributed by atoms with E-state index < -0.39 is 0 Å². The summed E-state index contributed by atoms with van der Waals surface area (Å²) in [4.78, 5) is 0. The van der Waals surface area contributed by atoms with Crippen molar-refractivity contribution >= 4 is 43.5 Å². The summed E-state index contributed by atoms with van der Waals surface area (Å²) in [7, 11) is 0. The number of rotatable bonds is 3. The Morgan fingerprint density at radius 2 is 2.15 bits per heavy atom. The second kappa shape index (κ2) is 5.03. The summed E-state index contributed by atoms with van der Waals surface area (Å²) in [6.07, 6.45) is 1.67. The van der Waals surface area contributed by atoms with Crippen LogP contribution < -0.4 is 4.74 Å². The average molecular weight is 326 g/mol. The van der Waals surface area contributed by atoms with Crippen molar-refractivity contribution in [2.24, 2.45) is 0 Å². The minimum absolute atomic E-state index is 0.452. The fourth-order valence-electron chi connectivity index (χ4n) is 0.768. The molecule has 0 aliphatic rings. The number of hydrogen-bond donors (Lipinski definition) is 0. The Hall–Kier alpha value is 0.01000. The minimum atomic E-state index is 0.452. The molecule has 0 bridgehead atoms. The molecule has 0 saturated carbocycles. The Bertz CT molecular complexity index is 326. The van der Waals surface area contributed by atoms with E-state index in [2.05, 4.69) is 38.4 Å². The largest absolute Gasteiger partial charge is 0.488 e. The molecule has 0 unspecified atom stereocenters. The maximum absolute atomic E-state index is 6.00. The van der Waals surface area contributed by atoms with Gasteiger partial charge in [0, 0.05) is 4.47 Å². The lowest BCUT2D eigenvalue weighted by Crippen LogP contribution is -1.93. The van der Waals surface area contributed by atoms with Gasteiger partial charge in [0.25, 0.3) is 0 Å². The Morgan fingerprint density at radius 3 is 2.77 bits per heavy atom. The maximum Gasteiger partial charge on any atom is 0.139 e. The van der Waals surface area contributed by atoms with Crippen LogP contribution in [0.25, 0.3) is 0 Å². The molecular weight excluding hydrogens is 319 g/mol. The molecule has 0 aromatic heterocycles. The summed E-state index contributed by atoms with van der Waals surface area (Å²) >= 11 is 12.7. The van der Waals surface area contributed by atoms with Crippen molar-refractivity contribution in [3.63, 3.8) is 0 Å². The second-order valence-electron chi connectivity index (χ2n) is 2.27. The van der Waals surface area contributed by atoms with Crippen LogP contribution in [0.5, 0.6) is 5.75 Å². The topological polar surface area (TPSA) is 9.23 Å². The van der Waals surface area contributed by atoms with Crippen molar-refractivity contribution in [1.82, 2.24) is 0 Å². The van der Waals surface area contributed by atoms with Crippen LogP contribution in [0.1, 0.15) is 0 Å².